The number of likely N-dealkylation sites (N-methyl/N-ethyl adjacent to an activating group) is 1. The third kappa shape index (κ3) is 4.18. The standard InChI is InChI=1S/C20H30N4O2/c1-21(2)18-6-4-5-17(15-18)20(26)23-9-7-16(8-10-23)19(25)24-13-11-22(3)12-14-24/h4-6,15-16H,7-14H2,1-3H3. The van der Waals surface area contributed by atoms with Crippen molar-refractivity contribution in [2.45, 2.75) is 12.8 Å². The van der Waals surface area contributed by atoms with Gasteiger partial charge in [-0.05, 0) is 38.1 Å². The van der Waals surface area contributed by atoms with Gasteiger partial charge in [-0.15, -0.1) is 0 Å². The lowest BCUT2D eigenvalue weighted by Gasteiger charge is -2.37. The highest BCUT2D eigenvalue weighted by Gasteiger charge is 2.31. The Morgan fingerprint density at radius 2 is 1.62 bits per heavy atom. The van der Waals surface area contributed by atoms with E-state index in [0.717, 1.165) is 50.3 Å². The maximum atomic E-state index is 12.8. The van der Waals surface area contributed by atoms with Crippen LogP contribution < -0.4 is 4.90 Å². The van der Waals surface area contributed by atoms with Crippen LogP contribution in [-0.2, 0) is 4.79 Å². The second-order valence-corrected chi connectivity index (χ2v) is 7.64. The minimum Gasteiger partial charge on any atom is -0.378 e. The van der Waals surface area contributed by atoms with Gasteiger partial charge < -0.3 is 19.6 Å². The fourth-order valence-electron chi connectivity index (χ4n) is 3.71. The smallest absolute Gasteiger partial charge is 0.253 e. The van der Waals surface area contributed by atoms with Gasteiger partial charge >= 0.3 is 0 Å². The van der Waals surface area contributed by atoms with Crippen LogP contribution in [0.2, 0.25) is 0 Å². The highest BCUT2D eigenvalue weighted by molar-refractivity contribution is 5.95. The number of carbonyl (C=O) groups excluding carboxylic acids is 2. The van der Waals surface area contributed by atoms with E-state index in [1.54, 1.807) is 0 Å². The Balaban J connectivity index is 1.55. The number of piperidine rings is 1. The number of amides is 2. The minimum atomic E-state index is 0.0653. The number of carbonyl (C=O) groups is 2. The van der Waals surface area contributed by atoms with Crippen LogP contribution in [0.3, 0.4) is 0 Å². The number of hydrogen-bond donors (Lipinski definition) is 0. The number of likely N-dealkylation sites (tertiary alicyclic amines) is 1. The average Bonchev–Trinajstić information content (AvgIpc) is 2.67. The zero-order valence-electron chi connectivity index (χ0n) is 16.1. The molecule has 2 aliphatic heterocycles. The van der Waals surface area contributed by atoms with E-state index in [1.165, 1.54) is 0 Å². The molecule has 0 aliphatic carbocycles. The predicted molar refractivity (Wildman–Crippen MR) is 103 cm³/mol. The van der Waals surface area contributed by atoms with Crippen molar-refractivity contribution in [2.24, 2.45) is 5.92 Å². The summed E-state index contributed by atoms with van der Waals surface area (Å²) in [4.78, 5) is 33.7. The summed E-state index contributed by atoms with van der Waals surface area (Å²) in [5.41, 5.74) is 1.75. The van der Waals surface area contributed by atoms with Crippen LogP contribution in [0.25, 0.3) is 0 Å². The second-order valence-electron chi connectivity index (χ2n) is 7.64. The molecule has 0 unspecified atom stereocenters. The van der Waals surface area contributed by atoms with E-state index in [0.29, 0.717) is 13.1 Å². The number of anilines is 1. The molecule has 1 aromatic rings. The molecule has 0 saturated carbocycles. The summed E-state index contributed by atoms with van der Waals surface area (Å²) in [6.45, 7) is 4.87. The van der Waals surface area contributed by atoms with Gasteiger partial charge in [-0.1, -0.05) is 6.07 Å². The lowest BCUT2D eigenvalue weighted by atomic mass is 9.94. The van der Waals surface area contributed by atoms with Crippen LogP contribution in [0.4, 0.5) is 5.69 Å². The SMILES string of the molecule is CN1CCN(C(=O)C2CCN(C(=O)c3cccc(N(C)C)c3)CC2)CC1. The fraction of sp³-hybridized carbons (Fsp3) is 0.600. The zero-order valence-corrected chi connectivity index (χ0v) is 16.1. The van der Waals surface area contributed by atoms with Crippen molar-refractivity contribution >= 4 is 17.5 Å². The van der Waals surface area contributed by atoms with E-state index in [9.17, 15) is 9.59 Å². The van der Waals surface area contributed by atoms with Gasteiger partial charge in [0.25, 0.3) is 5.91 Å². The maximum Gasteiger partial charge on any atom is 0.253 e. The van der Waals surface area contributed by atoms with Crippen molar-refractivity contribution in [3.05, 3.63) is 29.8 Å². The van der Waals surface area contributed by atoms with Crippen molar-refractivity contribution in [1.29, 1.82) is 0 Å². The first-order valence-electron chi connectivity index (χ1n) is 9.49. The van der Waals surface area contributed by atoms with Gasteiger partial charge in [0, 0.05) is 70.5 Å². The molecule has 2 saturated heterocycles. The quantitative estimate of drug-likeness (QED) is 0.819. The summed E-state index contributed by atoms with van der Waals surface area (Å²) >= 11 is 0. The Bertz CT molecular complexity index is 645. The first-order valence-corrected chi connectivity index (χ1v) is 9.49. The Kier molecular flexibility index (Phi) is 5.81. The molecule has 2 amide bonds. The molecule has 3 rings (SSSR count). The monoisotopic (exact) mass is 358 g/mol. The highest BCUT2D eigenvalue weighted by Crippen LogP contribution is 2.23. The number of hydrogen-bond acceptors (Lipinski definition) is 4. The molecule has 0 atom stereocenters. The van der Waals surface area contributed by atoms with E-state index in [1.807, 2.05) is 53.1 Å². The number of piperazine rings is 1. The molecule has 1 aromatic carbocycles. The summed E-state index contributed by atoms with van der Waals surface area (Å²) in [6, 6.07) is 7.73. The van der Waals surface area contributed by atoms with Crippen LogP contribution in [0, 0.1) is 5.92 Å². The summed E-state index contributed by atoms with van der Waals surface area (Å²) in [5.74, 6) is 0.412. The molecule has 6 heteroatoms. The Hall–Kier alpha value is -2.08. The van der Waals surface area contributed by atoms with Gasteiger partial charge in [-0.2, -0.15) is 0 Å². The summed E-state index contributed by atoms with van der Waals surface area (Å²) < 4.78 is 0. The van der Waals surface area contributed by atoms with E-state index >= 15 is 0 Å². The van der Waals surface area contributed by atoms with Crippen LogP contribution in [0.5, 0.6) is 0 Å². The lowest BCUT2D eigenvalue weighted by Crippen LogP contribution is -2.51. The summed E-state index contributed by atoms with van der Waals surface area (Å²) in [6.07, 6.45) is 1.54. The molecule has 0 radical (unpaired) electrons. The zero-order chi connectivity index (χ0) is 18.7. The second kappa shape index (κ2) is 8.08. The van der Waals surface area contributed by atoms with Crippen LogP contribution in [-0.4, -0.2) is 86.9 Å². The third-order valence-electron chi connectivity index (χ3n) is 5.56. The maximum absolute atomic E-state index is 12.8. The van der Waals surface area contributed by atoms with Gasteiger partial charge in [0.1, 0.15) is 0 Å². The third-order valence-corrected chi connectivity index (χ3v) is 5.56. The summed E-state index contributed by atoms with van der Waals surface area (Å²) in [7, 11) is 6.04. The predicted octanol–water partition coefficient (Wildman–Crippen LogP) is 1.38. The molecule has 2 fully saturated rings. The molecular formula is C20H30N4O2. The molecule has 2 heterocycles. The van der Waals surface area contributed by atoms with E-state index in [2.05, 4.69) is 11.9 Å². The van der Waals surface area contributed by atoms with Crippen molar-refractivity contribution in [1.82, 2.24) is 14.7 Å². The molecule has 0 aromatic heterocycles. The van der Waals surface area contributed by atoms with Crippen LogP contribution in [0.1, 0.15) is 23.2 Å². The summed E-state index contributed by atoms with van der Waals surface area (Å²) in [5, 5.41) is 0. The first kappa shape index (κ1) is 18.7. The van der Waals surface area contributed by atoms with Crippen molar-refractivity contribution < 1.29 is 9.59 Å². The molecule has 2 aliphatic rings. The topological polar surface area (TPSA) is 47.1 Å². The number of benzene rings is 1. The van der Waals surface area contributed by atoms with E-state index in [4.69, 9.17) is 0 Å². The van der Waals surface area contributed by atoms with E-state index in [-0.39, 0.29) is 17.7 Å². The van der Waals surface area contributed by atoms with E-state index < -0.39 is 0 Å². The molecule has 0 bridgehead atoms. The van der Waals surface area contributed by atoms with Crippen LogP contribution >= 0.6 is 0 Å². The molecular weight excluding hydrogens is 328 g/mol. The number of rotatable bonds is 3. The molecule has 0 N–H and O–H groups in total. The Labute approximate surface area is 156 Å². The normalized spacial score (nSPS) is 19.5. The largest absolute Gasteiger partial charge is 0.378 e. The Morgan fingerprint density at radius 3 is 2.23 bits per heavy atom. The Morgan fingerprint density at radius 1 is 0.962 bits per heavy atom. The van der Waals surface area contributed by atoms with Gasteiger partial charge in [0.2, 0.25) is 5.91 Å². The van der Waals surface area contributed by atoms with Gasteiger partial charge in [0.15, 0.2) is 0 Å². The van der Waals surface area contributed by atoms with Crippen LogP contribution in [0.15, 0.2) is 24.3 Å². The lowest BCUT2D eigenvalue weighted by molar-refractivity contribution is -0.138. The van der Waals surface area contributed by atoms with Gasteiger partial charge in [-0.25, -0.2) is 0 Å². The number of nitrogens with zero attached hydrogens (tertiary/aromatic N) is 4. The fourth-order valence-corrected chi connectivity index (χ4v) is 3.71. The molecule has 26 heavy (non-hydrogen) atoms. The first-order chi connectivity index (χ1) is 12.5. The van der Waals surface area contributed by atoms with Crippen molar-refractivity contribution in [3.63, 3.8) is 0 Å². The average molecular weight is 358 g/mol. The van der Waals surface area contributed by atoms with Crippen molar-refractivity contribution in [2.75, 3.05) is 65.3 Å². The molecule has 0 spiro atoms. The highest BCUT2D eigenvalue weighted by atomic mass is 16.2. The molecule has 142 valence electrons. The van der Waals surface area contributed by atoms with Gasteiger partial charge in [0.05, 0.1) is 0 Å². The molecule has 6 nitrogen and oxygen atoms in total. The van der Waals surface area contributed by atoms with Crippen molar-refractivity contribution in [3.8, 4) is 0 Å². The van der Waals surface area contributed by atoms with Gasteiger partial charge in [-0.3, -0.25) is 9.59 Å². The minimum absolute atomic E-state index is 0.0653.